The number of para-hydroxylation sites is 1. The quantitative estimate of drug-likeness (QED) is 0.672. The third-order valence-corrected chi connectivity index (χ3v) is 2.85. The fourth-order valence-electron chi connectivity index (χ4n) is 1.30. The number of rotatable bonds is 2. The average Bonchev–Trinajstić information content (AvgIpc) is 2.20. The van der Waals surface area contributed by atoms with Gasteiger partial charge in [0, 0.05) is 17.8 Å². The molecule has 2 aromatic carbocycles. The van der Waals surface area contributed by atoms with Gasteiger partial charge in [0.2, 0.25) is 0 Å². The number of benzene rings is 2. The van der Waals surface area contributed by atoms with Crippen LogP contribution in [0.25, 0.3) is 0 Å². The van der Waals surface area contributed by atoms with Crippen LogP contribution in [0.2, 0.25) is 0 Å². The average molecular weight is 329 g/mol. The van der Waals surface area contributed by atoms with Gasteiger partial charge in [0.05, 0.1) is 3.57 Å². The van der Waals surface area contributed by atoms with E-state index in [4.69, 9.17) is 10.5 Å². The number of nitrogen functional groups attached to an aromatic ring is 1. The van der Waals surface area contributed by atoms with Crippen molar-refractivity contribution in [3.63, 3.8) is 0 Å². The molecule has 0 heterocycles. The summed E-state index contributed by atoms with van der Waals surface area (Å²) in [6, 6.07) is 11.7. The molecule has 2 rings (SSSR count). The Morgan fingerprint density at radius 2 is 1.88 bits per heavy atom. The maximum absolute atomic E-state index is 13.1. The first-order chi connectivity index (χ1) is 7.65. The SMILES string of the molecule is Nc1cc(F)cc(Oc2ccccc2I)c1. The number of hydrogen-bond donors (Lipinski definition) is 1. The monoisotopic (exact) mass is 329 g/mol. The van der Waals surface area contributed by atoms with Gasteiger partial charge in [-0.1, -0.05) is 12.1 Å². The third kappa shape index (κ3) is 2.63. The van der Waals surface area contributed by atoms with Gasteiger partial charge < -0.3 is 10.5 Å². The van der Waals surface area contributed by atoms with Gasteiger partial charge in [-0.05, 0) is 40.8 Å². The summed E-state index contributed by atoms with van der Waals surface area (Å²) < 4.78 is 19.6. The first-order valence-corrected chi connectivity index (χ1v) is 5.71. The van der Waals surface area contributed by atoms with Crippen LogP contribution >= 0.6 is 22.6 Å². The molecule has 0 aromatic heterocycles. The molecule has 0 bridgehead atoms. The van der Waals surface area contributed by atoms with E-state index in [1.165, 1.54) is 12.1 Å². The van der Waals surface area contributed by atoms with E-state index in [0.717, 1.165) is 3.57 Å². The van der Waals surface area contributed by atoms with Gasteiger partial charge in [-0.2, -0.15) is 0 Å². The minimum absolute atomic E-state index is 0.348. The number of nitrogens with two attached hydrogens (primary N) is 1. The zero-order valence-electron chi connectivity index (χ0n) is 8.28. The molecule has 82 valence electrons. The zero-order valence-corrected chi connectivity index (χ0v) is 10.4. The van der Waals surface area contributed by atoms with Crippen LogP contribution in [0.4, 0.5) is 10.1 Å². The van der Waals surface area contributed by atoms with Gasteiger partial charge in [-0.15, -0.1) is 0 Å². The predicted molar refractivity (Wildman–Crippen MR) is 70.0 cm³/mol. The molecule has 0 aliphatic heterocycles. The van der Waals surface area contributed by atoms with Crippen molar-refractivity contribution in [2.24, 2.45) is 0 Å². The molecule has 0 aliphatic rings. The molecule has 2 N–H and O–H groups in total. The highest BCUT2D eigenvalue weighted by atomic mass is 127. The number of anilines is 1. The molecule has 0 unspecified atom stereocenters. The van der Waals surface area contributed by atoms with Crippen molar-refractivity contribution in [2.45, 2.75) is 0 Å². The van der Waals surface area contributed by atoms with Gasteiger partial charge in [0.15, 0.2) is 0 Å². The Labute approximate surface area is 106 Å². The second kappa shape index (κ2) is 4.69. The summed E-state index contributed by atoms with van der Waals surface area (Å²) in [5.41, 5.74) is 5.88. The molecule has 0 spiro atoms. The first kappa shape index (κ1) is 11.2. The second-order valence-electron chi connectivity index (χ2n) is 3.25. The largest absolute Gasteiger partial charge is 0.456 e. The van der Waals surface area contributed by atoms with Crippen molar-refractivity contribution < 1.29 is 9.13 Å². The topological polar surface area (TPSA) is 35.2 Å². The van der Waals surface area contributed by atoms with Crippen molar-refractivity contribution in [3.8, 4) is 11.5 Å². The van der Waals surface area contributed by atoms with Crippen molar-refractivity contribution in [3.05, 3.63) is 51.9 Å². The lowest BCUT2D eigenvalue weighted by atomic mass is 10.3. The molecule has 0 radical (unpaired) electrons. The van der Waals surface area contributed by atoms with Crippen LogP contribution in [0.1, 0.15) is 0 Å². The van der Waals surface area contributed by atoms with Crippen molar-refractivity contribution >= 4 is 28.3 Å². The standard InChI is InChI=1S/C12H9FINO/c13-8-5-9(15)7-10(6-8)16-12-4-2-1-3-11(12)14/h1-7H,15H2. The summed E-state index contributed by atoms with van der Waals surface area (Å²) in [5.74, 6) is 0.690. The van der Waals surface area contributed by atoms with Crippen LogP contribution in [-0.2, 0) is 0 Å². The summed E-state index contributed by atoms with van der Waals surface area (Å²) in [6.45, 7) is 0. The highest BCUT2D eigenvalue weighted by Crippen LogP contribution is 2.28. The van der Waals surface area contributed by atoms with Crippen molar-refractivity contribution in [1.29, 1.82) is 0 Å². The van der Waals surface area contributed by atoms with E-state index in [-0.39, 0.29) is 0 Å². The fourth-order valence-corrected chi connectivity index (χ4v) is 1.80. The van der Waals surface area contributed by atoms with Crippen LogP contribution in [0.3, 0.4) is 0 Å². The van der Waals surface area contributed by atoms with E-state index >= 15 is 0 Å². The molecule has 0 aliphatic carbocycles. The van der Waals surface area contributed by atoms with Gasteiger partial charge in [0.25, 0.3) is 0 Å². The third-order valence-electron chi connectivity index (χ3n) is 1.96. The number of hydrogen-bond acceptors (Lipinski definition) is 2. The fraction of sp³-hybridized carbons (Fsp3) is 0. The Morgan fingerprint density at radius 1 is 1.12 bits per heavy atom. The highest BCUT2D eigenvalue weighted by Gasteiger charge is 2.03. The zero-order chi connectivity index (χ0) is 11.5. The summed E-state index contributed by atoms with van der Waals surface area (Å²) in [6.07, 6.45) is 0. The van der Waals surface area contributed by atoms with Gasteiger partial charge in [-0.25, -0.2) is 4.39 Å². The lowest BCUT2D eigenvalue weighted by Gasteiger charge is -2.08. The van der Waals surface area contributed by atoms with E-state index in [0.29, 0.717) is 17.2 Å². The number of ether oxygens (including phenoxy) is 1. The van der Waals surface area contributed by atoms with E-state index in [9.17, 15) is 4.39 Å². The number of halogens is 2. The lowest BCUT2D eigenvalue weighted by Crippen LogP contribution is -1.91. The minimum atomic E-state index is -0.402. The predicted octanol–water partition coefficient (Wildman–Crippen LogP) is 3.80. The van der Waals surface area contributed by atoms with E-state index < -0.39 is 5.82 Å². The molecule has 16 heavy (non-hydrogen) atoms. The van der Waals surface area contributed by atoms with E-state index in [2.05, 4.69) is 22.6 Å². The normalized spacial score (nSPS) is 10.1. The van der Waals surface area contributed by atoms with Crippen molar-refractivity contribution in [1.82, 2.24) is 0 Å². The molecular formula is C12H9FINO. The molecule has 0 saturated heterocycles. The van der Waals surface area contributed by atoms with Crippen LogP contribution < -0.4 is 10.5 Å². The highest BCUT2D eigenvalue weighted by molar-refractivity contribution is 14.1. The summed E-state index contributed by atoms with van der Waals surface area (Å²) >= 11 is 2.15. The van der Waals surface area contributed by atoms with Crippen LogP contribution in [0.5, 0.6) is 11.5 Å². The first-order valence-electron chi connectivity index (χ1n) is 4.63. The Hall–Kier alpha value is -1.30. The molecule has 2 nitrogen and oxygen atoms in total. The lowest BCUT2D eigenvalue weighted by molar-refractivity contribution is 0.474. The van der Waals surface area contributed by atoms with E-state index in [1.807, 2.05) is 24.3 Å². The van der Waals surface area contributed by atoms with Crippen LogP contribution in [0.15, 0.2) is 42.5 Å². The minimum Gasteiger partial charge on any atom is -0.456 e. The smallest absolute Gasteiger partial charge is 0.140 e. The summed E-state index contributed by atoms with van der Waals surface area (Å²) in [5, 5.41) is 0. The molecule has 0 amide bonds. The molecular weight excluding hydrogens is 320 g/mol. The maximum Gasteiger partial charge on any atom is 0.140 e. The molecule has 4 heteroatoms. The molecule has 2 aromatic rings. The van der Waals surface area contributed by atoms with Crippen LogP contribution in [-0.4, -0.2) is 0 Å². The van der Waals surface area contributed by atoms with Gasteiger partial charge >= 0.3 is 0 Å². The summed E-state index contributed by atoms with van der Waals surface area (Å²) in [4.78, 5) is 0. The van der Waals surface area contributed by atoms with Gasteiger partial charge in [-0.3, -0.25) is 0 Å². The summed E-state index contributed by atoms with van der Waals surface area (Å²) in [7, 11) is 0. The van der Waals surface area contributed by atoms with E-state index in [1.54, 1.807) is 6.07 Å². The molecule has 0 saturated carbocycles. The molecule has 0 atom stereocenters. The Morgan fingerprint density at radius 3 is 2.56 bits per heavy atom. The second-order valence-corrected chi connectivity index (χ2v) is 4.41. The Balaban J connectivity index is 2.30. The van der Waals surface area contributed by atoms with Gasteiger partial charge in [0.1, 0.15) is 17.3 Å². The van der Waals surface area contributed by atoms with Crippen molar-refractivity contribution in [2.75, 3.05) is 5.73 Å². The molecule has 0 fully saturated rings. The maximum atomic E-state index is 13.1. The Bertz CT molecular complexity index is 496. The van der Waals surface area contributed by atoms with Crippen LogP contribution in [0, 0.1) is 9.39 Å². The Kier molecular flexibility index (Phi) is 3.28.